The van der Waals surface area contributed by atoms with Crippen LogP contribution >= 0.6 is 15.9 Å². The Morgan fingerprint density at radius 2 is 2.00 bits per heavy atom. The van der Waals surface area contributed by atoms with Crippen LogP contribution in [0.25, 0.3) is 0 Å². The number of hydrogen-bond donors (Lipinski definition) is 3. The third-order valence-corrected chi connectivity index (χ3v) is 3.90. The second kappa shape index (κ2) is 7.26. The van der Waals surface area contributed by atoms with E-state index in [1.165, 1.54) is 0 Å². The van der Waals surface area contributed by atoms with Gasteiger partial charge in [-0.05, 0) is 30.7 Å². The van der Waals surface area contributed by atoms with Crippen molar-refractivity contribution >= 4 is 27.6 Å². The van der Waals surface area contributed by atoms with E-state index in [0.717, 1.165) is 26.4 Å². The molecule has 0 atom stereocenters. The maximum Gasteiger partial charge on any atom is 0.350 e. The van der Waals surface area contributed by atoms with Gasteiger partial charge in [0.05, 0.1) is 5.69 Å². The number of amides is 2. The topological polar surface area (TPSA) is 93.6 Å². The van der Waals surface area contributed by atoms with Crippen LogP contribution in [0.3, 0.4) is 0 Å². The van der Waals surface area contributed by atoms with Gasteiger partial charge in [0, 0.05) is 10.0 Å². The van der Waals surface area contributed by atoms with Crippen molar-refractivity contribution in [2.45, 2.75) is 13.5 Å². The number of hydrazine groups is 2. The van der Waals surface area contributed by atoms with Crippen LogP contribution in [-0.2, 0) is 6.61 Å². The molecule has 22 heavy (non-hydrogen) atoms. The number of aryl methyl sites for hydroxylation is 1. The molecule has 2 aromatic carbocycles. The quantitative estimate of drug-likeness (QED) is 0.441. The van der Waals surface area contributed by atoms with E-state index in [-0.39, 0.29) is 6.61 Å². The molecule has 0 aromatic heterocycles. The lowest BCUT2D eigenvalue weighted by atomic mass is 10.2. The Kier molecular flexibility index (Phi) is 5.37. The minimum absolute atomic E-state index is 0.257. The molecule has 7 heteroatoms. The first-order valence-electron chi connectivity index (χ1n) is 6.55. The van der Waals surface area contributed by atoms with Crippen LogP contribution in [0.1, 0.15) is 11.1 Å². The lowest BCUT2D eigenvalue weighted by Crippen LogP contribution is -2.48. The molecule has 5 N–H and O–H groups in total. The van der Waals surface area contributed by atoms with E-state index >= 15 is 0 Å². The van der Waals surface area contributed by atoms with Crippen molar-refractivity contribution in [2.24, 2.45) is 11.7 Å². The van der Waals surface area contributed by atoms with Crippen molar-refractivity contribution in [1.82, 2.24) is 5.43 Å². The molecule has 0 heterocycles. The van der Waals surface area contributed by atoms with E-state index in [2.05, 4.69) is 15.9 Å². The SMILES string of the molecule is Cc1ccccc1OCc1c(Br)cccc1N(N)C(=O)NN. The number of carbonyl (C=O) groups excluding carboxylic acids is 1. The monoisotopic (exact) mass is 364 g/mol. The average Bonchev–Trinajstić information content (AvgIpc) is 2.53. The lowest BCUT2D eigenvalue weighted by molar-refractivity contribution is 0.246. The number of halogens is 1. The highest BCUT2D eigenvalue weighted by Crippen LogP contribution is 2.28. The van der Waals surface area contributed by atoms with E-state index in [1.807, 2.05) is 42.7 Å². The molecule has 0 bridgehead atoms. The number of ether oxygens (including phenoxy) is 1. The average molecular weight is 365 g/mol. The standard InChI is InChI=1S/C15H17BrN4O2/c1-10-5-2-3-8-14(10)22-9-11-12(16)6-4-7-13(11)20(18)15(21)19-17/h2-8H,9,17-18H2,1H3,(H,19,21). The molecule has 0 spiro atoms. The number of anilines is 1. The molecular weight excluding hydrogens is 348 g/mol. The minimum Gasteiger partial charge on any atom is -0.489 e. The van der Waals surface area contributed by atoms with Gasteiger partial charge in [0.25, 0.3) is 0 Å². The Bertz CT molecular complexity index is 678. The van der Waals surface area contributed by atoms with Gasteiger partial charge in [-0.2, -0.15) is 0 Å². The maximum absolute atomic E-state index is 11.6. The zero-order valence-corrected chi connectivity index (χ0v) is 13.6. The first-order valence-corrected chi connectivity index (χ1v) is 7.35. The zero-order valence-electron chi connectivity index (χ0n) is 12.0. The van der Waals surface area contributed by atoms with E-state index in [1.54, 1.807) is 12.1 Å². The third kappa shape index (κ3) is 3.56. The first-order chi connectivity index (χ1) is 10.5. The Morgan fingerprint density at radius 1 is 1.27 bits per heavy atom. The summed E-state index contributed by atoms with van der Waals surface area (Å²) in [6.07, 6.45) is 0. The fraction of sp³-hybridized carbons (Fsp3) is 0.133. The maximum atomic E-state index is 11.6. The summed E-state index contributed by atoms with van der Waals surface area (Å²) in [5.41, 5.74) is 4.28. The van der Waals surface area contributed by atoms with E-state index in [0.29, 0.717) is 5.69 Å². The number of benzene rings is 2. The number of urea groups is 1. The molecule has 0 saturated carbocycles. The van der Waals surface area contributed by atoms with E-state index in [4.69, 9.17) is 16.4 Å². The predicted octanol–water partition coefficient (Wildman–Crippen LogP) is 2.60. The van der Waals surface area contributed by atoms with Crippen molar-refractivity contribution in [3.05, 3.63) is 58.1 Å². The summed E-state index contributed by atoms with van der Waals surface area (Å²) in [7, 11) is 0. The molecule has 0 aliphatic heterocycles. The van der Waals surface area contributed by atoms with Crippen LogP contribution in [0.4, 0.5) is 10.5 Å². The molecule has 0 aliphatic carbocycles. The number of para-hydroxylation sites is 1. The summed E-state index contributed by atoms with van der Waals surface area (Å²) in [5, 5.41) is 0.946. The fourth-order valence-electron chi connectivity index (χ4n) is 1.96. The Morgan fingerprint density at radius 3 is 2.68 bits per heavy atom. The van der Waals surface area contributed by atoms with Crippen molar-refractivity contribution in [1.29, 1.82) is 0 Å². The zero-order chi connectivity index (χ0) is 16.1. The lowest BCUT2D eigenvalue weighted by Gasteiger charge is -2.20. The highest BCUT2D eigenvalue weighted by molar-refractivity contribution is 9.10. The number of hydrogen-bond acceptors (Lipinski definition) is 4. The van der Waals surface area contributed by atoms with Gasteiger partial charge < -0.3 is 4.74 Å². The Hall–Kier alpha value is -2.09. The van der Waals surface area contributed by atoms with Crippen LogP contribution in [0, 0.1) is 6.92 Å². The summed E-state index contributed by atoms with van der Waals surface area (Å²) in [6.45, 7) is 2.22. The van der Waals surface area contributed by atoms with Crippen LogP contribution in [0.2, 0.25) is 0 Å². The van der Waals surface area contributed by atoms with Crippen LogP contribution in [0.15, 0.2) is 46.9 Å². The number of nitrogens with one attached hydrogen (secondary N) is 1. The van der Waals surface area contributed by atoms with E-state index in [9.17, 15) is 4.79 Å². The van der Waals surface area contributed by atoms with Gasteiger partial charge in [-0.3, -0.25) is 5.43 Å². The fourth-order valence-corrected chi connectivity index (χ4v) is 2.43. The Balaban J connectivity index is 2.27. The van der Waals surface area contributed by atoms with Gasteiger partial charge in [0.1, 0.15) is 12.4 Å². The molecule has 6 nitrogen and oxygen atoms in total. The van der Waals surface area contributed by atoms with E-state index < -0.39 is 6.03 Å². The molecule has 2 amide bonds. The van der Waals surface area contributed by atoms with Gasteiger partial charge in [-0.15, -0.1) is 0 Å². The minimum atomic E-state index is -0.616. The van der Waals surface area contributed by atoms with Gasteiger partial charge in [0.15, 0.2) is 0 Å². The van der Waals surface area contributed by atoms with Crippen molar-refractivity contribution < 1.29 is 9.53 Å². The molecule has 0 fully saturated rings. The van der Waals surface area contributed by atoms with Crippen LogP contribution in [-0.4, -0.2) is 6.03 Å². The predicted molar refractivity (Wildman–Crippen MR) is 89.0 cm³/mol. The summed E-state index contributed by atoms with van der Waals surface area (Å²) in [5.74, 6) is 11.7. The summed E-state index contributed by atoms with van der Waals surface area (Å²) >= 11 is 3.45. The molecule has 0 unspecified atom stereocenters. The van der Waals surface area contributed by atoms with Gasteiger partial charge >= 0.3 is 6.03 Å². The van der Waals surface area contributed by atoms with Gasteiger partial charge in [0.2, 0.25) is 0 Å². The van der Waals surface area contributed by atoms with Crippen molar-refractivity contribution in [3.8, 4) is 5.75 Å². The molecule has 116 valence electrons. The van der Waals surface area contributed by atoms with Crippen LogP contribution < -0.4 is 26.9 Å². The summed E-state index contributed by atoms with van der Waals surface area (Å²) < 4.78 is 6.62. The largest absolute Gasteiger partial charge is 0.489 e. The van der Waals surface area contributed by atoms with Crippen LogP contribution in [0.5, 0.6) is 5.75 Å². The highest BCUT2D eigenvalue weighted by atomic mass is 79.9. The summed E-state index contributed by atoms with van der Waals surface area (Å²) in [4.78, 5) is 11.6. The second-order valence-electron chi connectivity index (χ2n) is 4.61. The number of nitrogens with zero attached hydrogens (tertiary/aromatic N) is 1. The molecule has 2 aromatic rings. The van der Waals surface area contributed by atoms with Gasteiger partial charge in [-0.1, -0.05) is 40.2 Å². The molecule has 0 aliphatic rings. The molecule has 0 saturated heterocycles. The summed E-state index contributed by atoms with van der Waals surface area (Å²) in [6, 6.07) is 12.4. The number of carbonyl (C=O) groups is 1. The highest BCUT2D eigenvalue weighted by Gasteiger charge is 2.17. The molecular formula is C15H17BrN4O2. The van der Waals surface area contributed by atoms with Crippen molar-refractivity contribution in [3.63, 3.8) is 0 Å². The Labute approximate surface area is 137 Å². The molecule has 0 radical (unpaired) electrons. The third-order valence-electron chi connectivity index (χ3n) is 3.16. The molecule has 2 rings (SSSR count). The number of nitrogens with two attached hydrogens (primary N) is 2. The normalized spacial score (nSPS) is 10.2. The second-order valence-corrected chi connectivity index (χ2v) is 5.47. The number of rotatable bonds is 4. The smallest absolute Gasteiger partial charge is 0.350 e. The first kappa shape index (κ1) is 16.3. The van der Waals surface area contributed by atoms with Crippen molar-refractivity contribution in [2.75, 3.05) is 5.01 Å². The van der Waals surface area contributed by atoms with Gasteiger partial charge in [-0.25, -0.2) is 21.5 Å².